The number of aliphatic hydroxyl groups is 1. The van der Waals surface area contributed by atoms with E-state index in [4.69, 9.17) is 0 Å². The van der Waals surface area contributed by atoms with E-state index in [1.807, 2.05) is 6.07 Å². The van der Waals surface area contributed by atoms with E-state index in [0.717, 1.165) is 25.2 Å². The van der Waals surface area contributed by atoms with Crippen LogP contribution in [0.4, 0.5) is 22.1 Å². The molecule has 0 aromatic carbocycles. The molecule has 2 aliphatic rings. The van der Waals surface area contributed by atoms with Crippen LogP contribution in [-0.2, 0) is 0 Å². The molecule has 0 unspecified atom stereocenters. The Morgan fingerprint density at radius 2 is 2.18 bits per heavy atom. The van der Waals surface area contributed by atoms with Gasteiger partial charge in [0.15, 0.2) is 11.6 Å². The van der Waals surface area contributed by atoms with Crippen molar-refractivity contribution >= 4 is 29.1 Å². The molecular weight excluding hydrogens is 358 g/mol. The molecule has 8 heteroatoms. The van der Waals surface area contributed by atoms with Gasteiger partial charge in [0.1, 0.15) is 11.5 Å². The Labute approximate surface area is 163 Å². The number of anilines is 3. The molecule has 0 aliphatic carbocycles. The highest BCUT2D eigenvalue weighted by Crippen LogP contribution is 2.39. The average Bonchev–Trinajstić information content (AvgIpc) is 3.11. The Morgan fingerprint density at radius 1 is 1.32 bits per heavy atom. The van der Waals surface area contributed by atoms with Crippen molar-refractivity contribution in [3.63, 3.8) is 0 Å². The van der Waals surface area contributed by atoms with Crippen LogP contribution in [0.5, 0.6) is 0 Å². The van der Waals surface area contributed by atoms with Crippen molar-refractivity contribution in [3.05, 3.63) is 42.2 Å². The molecule has 2 aliphatic heterocycles. The lowest BCUT2D eigenvalue weighted by Gasteiger charge is -2.35. The van der Waals surface area contributed by atoms with Gasteiger partial charge in [-0.15, -0.1) is 0 Å². The first-order chi connectivity index (χ1) is 13.5. The molecule has 4 rings (SSSR count). The zero-order valence-electron chi connectivity index (χ0n) is 15.7. The Bertz CT molecular complexity index is 887. The van der Waals surface area contributed by atoms with Crippen molar-refractivity contribution in [3.8, 4) is 0 Å². The molecule has 0 spiro atoms. The second-order valence-electron chi connectivity index (χ2n) is 7.25. The van der Waals surface area contributed by atoms with Crippen LogP contribution < -0.4 is 15.1 Å². The summed E-state index contributed by atoms with van der Waals surface area (Å²) < 4.78 is 0. The number of hydrogen-bond acceptors (Lipinski definition) is 6. The fourth-order valence-corrected chi connectivity index (χ4v) is 3.70. The van der Waals surface area contributed by atoms with Crippen LogP contribution in [0, 0.1) is 0 Å². The second kappa shape index (κ2) is 7.55. The predicted molar refractivity (Wildman–Crippen MR) is 106 cm³/mol. The third-order valence-corrected chi connectivity index (χ3v) is 5.15. The summed E-state index contributed by atoms with van der Waals surface area (Å²) in [6.07, 6.45) is 2.53. The number of nitrogens with one attached hydrogen (secondary N) is 1. The lowest BCUT2D eigenvalue weighted by molar-refractivity contribution is 0.0944. The number of rotatable bonds is 5. The standard InChI is InChI=1S/C20H23N5O3/c1-13(26)5-8-17(27)15-6-7-16-19(22-15)25(14-9-11-24(16)12-14)20(28)23-18-4-2-3-10-21-18/h2-4,6-7,10,13-14,26H,5,8-9,11-12H2,1H3,(H,21,23,28)/t13-,14-/m0/s1. The Morgan fingerprint density at radius 3 is 2.93 bits per heavy atom. The van der Waals surface area contributed by atoms with E-state index in [1.54, 1.807) is 42.3 Å². The highest BCUT2D eigenvalue weighted by atomic mass is 16.3. The van der Waals surface area contributed by atoms with Gasteiger partial charge >= 0.3 is 6.03 Å². The molecular formula is C20H23N5O3. The minimum absolute atomic E-state index is 0.00604. The van der Waals surface area contributed by atoms with Gasteiger partial charge in [-0.3, -0.25) is 15.0 Å². The molecule has 2 amide bonds. The number of ketones is 1. The van der Waals surface area contributed by atoms with Crippen LogP contribution in [0.2, 0.25) is 0 Å². The van der Waals surface area contributed by atoms with Crippen molar-refractivity contribution in [2.24, 2.45) is 0 Å². The molecule has 8 nitrogen and oxygen atoms in total. The van der Waals surface area contributed by atoms with Gasteiger partial charge in [-0.25, -0.2) is 14.8 Å². The maximum absolute atomic E-state index is 13.0. The maximum atomic E-state index is 13.0. The molecule has 2 N–H and O–H groups in total. The Hall–Kier alpha value is -3.00. The van der Waals surface area contributed by atoms with Crippen molar-refractivity contribution in [1.82, 2.24) is 9.97 Å². The number of Topliss-reactive ketones (excluding diaryl/α,β-unsaturated/α-hetero) is 1. The summed E-state index contributed by atoms with van der Waals surface area (Å²) in [5.74, 6) is 0.838. The van der Waals surface area contributed by atoms with Gasteiger partial charge in [0.25, 0.3) is 0 Å². The first kappa shape index (κ1) is 18.4. The summed E-state index contributed by atoms with van der Waals surface area (Å²) in [7, 11) is 0. The van der Waals surface area contributed by atoms with Crippen LogP contribution in [0.1, 0.15) is 36.7 Å². The predicted octanol–water partition coefficient (Wildman–Crippen LogP) is 2.45. The highest BCUT2D eigenvalue weighted by molar-refractivity contribution is 6.05. The van der Waals surface area contributed by atoms with Gasteiger partial charge in [0, 0.05) is 25.7 Å². The van der Waals surface area contributed by atoms with Gasteiger partial charge < -0.3 is 10.0 Å². The zero-order valence-corrected chi connectivity index (χ0v) is 15.7. The largest absolute Gasteiger partial charge is 0.393 e. The summed E-state index contributed by atoms with van der Waals surface area (Å²) >= 11 is 0. The lowest BCUT2D eigenvalue weighted by Crippen LogP contribution is -2.48. The number of carbonyl (C=O) groups excluding carboxylic acids is 2. The van der Waals surface area contributed by atoms with Crippen molar-refractivity contribution in [2.45, 2.75) is 38.3 Å². The van der Waals surface area contributed by atoms with Crippen molar-refractivity contribution in [1.29, 1.82) is 0 Å². The number of carbonyl (C=O) groups is 2. The summed E-state index contributed by atoms with van der Waals surface area (Å²) in [6.45, 7) is 3.25. The second-order valence-corrected chi connectivity index (χ2v) is 7.25. The van der Waals surface area contributed by atoms with Gasteiger partial charge in [-0.05, 0) is 44.0 Å². The lowest BCUT2D eigenvalue weighted by atomic mass is 10.1. The smallest absolute Gasteiger partial charge is 0.329 e. The van der Waals surface area contributed by atoms with E-state index in [0.29, 0.717) is 23.8 Å². The number of aromatic nitrogens is 2. The monoisotopic (exact) mass is 381 g/mol. The van der Waals surface area contributed by atoms with Gasteiger partial charge in [-0.1, -0.05) is 6.07 Å². The third kappa shape index (κ3) is 3.55. The molecule has 1 fully saturated rings. The molecule has 2 aromatic heterocycles. The first-order valence-electron chi connectivity index (χ1n) is 9.51. The minimum atomic E-state index is -0.538. The van der Waals surface area contributed by atoms with Crippen LogP contribution in [0.25, 0.3) is 0 Å². The fraction of sp³-hybridized carbons (Fsp3) is 0.400. The molecule has 1 saturated heterocycles. The highest BCUT2D eigenvalue weighted by Gasteiger charge is 2.40. The van der Waals surface area contributed by atoms with E-state index in [1.165, 1.54) is 0 Å². The molecule has 0 radical (unpaired) electrons. The molecule has 2 bridgehead atoms. The maximum Gasteiger partial charge on any atom is 0.329 e. The molecule has 0 saturated carbocycles. The van der Waals surface area contributed by atoms with Crippen LogP contribution in [-0.4, -0.2) is 52.1 Å². The number of pyridine rings is 2. The van der Waals surface area contributed by atoms with Gasteiger partial charge in [-0.2, -0.15) is 0 Å². The Kier molecular flexibility index (Phi) is 4.95. The number of amides is 2. The van der Waals surface area contributed by atoms with E-state index in [-0.39, 0.29) is 24.3 Å². The van der Waals surface area contributed by atoms with Crippen LogP contribution in [0.15, 0.2) is 36.5 Å². The minimum Gasteiger partial charge on any atom is -0.393 e. The summed E-state index contributed by atoms with van der Waals surface area (Å²) in [5, 5.41) is 12.3. The van der Waals surface area contributed by atoms with Crippen LogP contribution in [0.3, 0.4) is 0 Å². The molecule has 4 heterocycles. The average molecular weight is 381 g/mol. The van der Waals surface area contributed by atoms with E-state index in [2.05, 4.69) is 20.2 Å². The first-order valence-corrected chi connectivity index (χ1v) is 9.51. The van der Waals surface area contributed by atoms with Crippen molar-refractivity contribution < 1.29 is 14.7 Å². The quantitative estimate of drug-likeness (QED) is 0.772. The SMILES string of the molecule is C[C@H](O)CCC(=O)c1ccc2c(n1)N(C(=O)Nc1ccccn1)[C@H]1CCN2C1. The van der Waals surface area contributed by atoms with E-state index < -0.39 is 6.10 Å². The van der Waals surface area contributed by atoms with E-state index >= 15 is 0 Å². The summed E-state index contributed by atoms with van der Waals surface area (Å²) in [4.78, 5) is 38.0. The number of nitrogens with zero attached hydrogens (tertiary/aromatic N) is 4. The number of urea groups is 1. The fourth-order valence-electron chi connectivity index (χ4n) is 3.70. The van der Waals surface area contributed by atoms with Gasteiger partial charge in [0.2, 0.25) is 0 Å². The molecule has 2 atom stereocenters. The number of fused-ring (bicyclic) bond motifs is 4. The van der Waals surface area contributed by atoms with Crippen LogP contribution >= 0.6 is 0 Å². The molecule has 28 heavy (non-hydrogen) atoms. The summed E-state index contributed by atoms with van der Waals surface area (Å²) in [6, 6.07) is 8.60. The van der Waals surface area contributed by atoms with Gasteiger partial charge in [0.05, 0.1) is 17.8 Å². The topological polar surface area (TPSA) is 98.7 Å². The zero-order chi connectivity index (χ0) is 19.7. The summed E-state index contributed by atoms with van der Waals surface area (Å²) in [5.41, 5.74) is 1.18. The number of aliphatic hydroxyl groups excluding tert-OH is 1. The van der Waals surface area contributed by atoms with E-state index in [9.17, 15) is 14.7 Å². The molecule has 2 aromatic rings. The third-order valence-electron chi connectivity index (χ3n) is 5.15. The Balaban J connectivity index is 1.63. The molecule has 146 valence electrons. The number of hydrogen-bond donors (Lipinski definition) is 2. The normalized spacial score (nSPS) is 18.6. The van der Waals surface area contributed by atoms with Crippen molar-refractivity contribution in [2.75, 3.05) is 28.2 Å².